The van der Waals surface area contributed by atoms with Gasteiger partial charge in [-0.3, -0.25) is 0 Å². The van der Waals surface area contributed by atoms with Crippen LogP contribution in [-0.2, 0) is 0 Å². The van der Waals surface area contributed by atoms with Gasteiger partial charge in [0.25, 0.3) is 0 Å². The summed E-state index contributed by atoms with van der Waals surface area (Å²) in [6.07, 6.45) is 1.13. The molecule has 1 unspecified atom stereocenters. The number of benzene rings is 2. The van der Waals surface area contributed by atoms with Crippen molar-refractivity contribution in [2.75, 3.05) is 6.54 Å². The highest BCUT2D eigenvalue weighted by atomic mass is 19.1. The van der Waals surface area contributed by atoms with Crippen LogP contribution in [0, 0.1) is 12.7 Å². The minimum Gasteiger partial charge on any atom is -0.310 e. The molecule has 0 bridgehead atoms. The summed E-state index contributed by atoms with van der Waals surface area (Å²) in [5.41, 5.74) is 4.15. The van der Waals surface area contributed by atoms with Crippen LogP contribution in [0.1, 0.15) is 37.4 Å². The molecule has 106 valence electrons. The van der Waals surface area contributed by atoms with E-state index in [1.54, 1.807) is 6.92 Å². The number of rotatable bonds is 5. The Kier molecular flexibility index (Phi) is 4.91. The number of halogens is 1. The molecule has 0 aliphatic rings. The maximum absolute atomic E-state index is 13.4. The van der Waals surface area contributed by atoms with Gasteiger partial charge in [0.2, 0.25) is 0 Å². The molecule has 0 heterocycles. The fourth-order valence-corrected chi connectivity index (χ4v) is 2.29. The molecule has 0 spiro atoms. The zero-order chi connectivity index (χ0) is 14.5. The van der Waals surface area contributed by atoms with Gasteiger partial charge < -0.3 is 5.32 Å². The van der Waals surface area contributed by atoms with Crippen LogP contribution in [0.2, 0.25) is 0 Å². The third-order valence-corrected chi connectivity index (χ3v) is 3.58. The zero-order valence-corrected chi connectivity index (χ0v) is 12.4. The van der Waals surface area contributed by atoms with Gasteiger partial charge in [-0.15, -0.1) is 0 Å². The molecule has 2 rings (SSSR count). The molecule has 0 saturated heterocycles. The van der Waals surface area contributed by atoms with Gasteiger partial charge in [0.05, 0.1) is 0 Å². The molecule has 0 fully saturated rings. The van der Waals surface area contributed by atoms with Crippen LogP contribution in [0.3, 0.4) is 0 Å². The summed E-state index contributed by atoms with van der Waals surface area (Å²) in [5, 5.41) is 3.49. The molecule has 0 radical (unpaired) electrons. The van der Waals surface area contributed by atoms with Gasteiger partial charge in [0.15, 0.2) is 0 Å². The Morgan fingerprint density at radius 3 is 2.55 bits per heavy atom. The first-order valence-electron chi connectivity index (χ1n) is 7.21. The van der Waals surface area contributed by atoms with Crippen molar-refractivity contribution in [1.82, 2.24) is 5.32 Å². The number of nitrogens with one attached hydrogen (secondary N) is 1. The first-order valence-corrected chi connectivity index (χ1v) is 7.21. The lowest BCUT2D eigenvalue weighted by Crippen LogP contribution is -2.19. The van der Waals surface area contributed by atoms with Gasteiger partial charge in [-0.1, -0.05) is 31.2 Å². The molecular formula is C18H22FN. The molecule has 1 nitrogen and oxygen atoms in total. The van der Waals surface area contributed by atoms with E-state index in [4.69, 9.17) is 0 Å². The highest BCUT2D eigenvalue weighted by Gasteiger charge is 2.07. The van der Waals surface area contributed by atoms with E-state index >= 15 is 0 Å². The van der Waals surface area contributed by atoms with Gasteiger partial charge in [-0.05, 0) is 67.3 Å². The van der Waals surface area contributed by atoms with E-state index in [1.807, 2.05) is 12.1 Å². The fraction of sp³-hybridized carbons (Fsp3) is 0.333. The van der Waals surface area contributed by atoms with Gasteiger partial charge in [0, 0.05) is 6.04 Å². The Bertz CT molecular complexity index is 577. The minimum absolute atomic E-state index is 0.150. The maximum Gasteiger partial charge on any atom is 0.126 e. The van der Waals surface area contributed by atoms with Gasteiger partial charge in [0.1, 0.15) is 5.82 Å². The molecule has 2 aromatic carbocycles. The molecule has 0 saturated carbocycles. The van der Waals surface area contributed by atoms with Crippen molar-refractivity contribution >= 4 is 0 Å². The molecule has 0 amide bonds. The van der Waals surface area contributed by atoms with Crippen LogP contribution >= 0.6 is 0 Å². The van der Waals surface area contributed by atoms with Crippen LogP contribution in [0.15, 0.2) is 42.5 Å². The Morgan fingerprint density at radius 1 is 1.10 bits per heavy atom. The smallest absolute Gasteiger partial charge is 0.126 e. The summed E-state index contributed by atoms with van der Waals surface area (Å²) >= 11 is 0. The lowest BCUT2D eigenvalue weighted by Gasteiger charge is -2.15. The summed E-state index contributed by atoms with van der Waals surface area (Å²) in [7, 11) is 0. The highest BCUT2D eigenvalue weighted by molar-refractivity contribution is 5.65. The van der Waals surface area contributed by atoms with Crippen LogP contribution in [0.4, 0.5) is 4.39 Å². The Labute approximate surface area is 120 Å². The van der Waals surface area contributed by atoms with Gasteiger partial charge >= 0.3 is 0 Å². The van der Waals surface area contributed by atoms with Gasteiger partial charge in [-0.2, -0.15) is 0 Å². The summed E-state index contributed by atoms with van der Waals surface area (Å²) in [6.45, 7) is 7.15. The van der Waals surface area contributed by atoms with Crippen LogP contribution in [0.5, 0.6) is 0 Å². The zero-order valence-electron chi connectivity index (χ0n) is 12.4. The van der Waals surface area contributed by atoms with Crippen molar-refractivity contribution in [3.63, 3.8) is 0 Å². The van der Waals surface area contributed by atoms with E-state index in [2.05, 4.69) is 43.4 Å². The van der Waals surface area contributed by atoms with Crippen molar-refractivity contribution in [2.24, 2.45) is 0 Å². The van der Waals surface area contributed by atoms with Crippen molar-refractivity contribution in [3.8, 4) is 11.1 Å². The van der Waals surface area contributed by atoms with E-state index in [1.165, 1.54) is 11.6 Å². The molecule has 1 atom stereocenters. The van der Waals surface area contributed by atoms with Crippen molar-refractivity contribution in [1.29, 1.82) is 0 Å². The minimum atomic E-state index is -0.150. The monoisotopic (exact) mass is 271 g/mol. The average molecular weight is 271 g/mol. The predicted octanol–water partition coefficient (Wildman–Crippen LogP) is 4.86. The maximum atomic E-state index is 13.4. The molecule has 2 aromatic rings. The van der Waals surface area contributed by atoms with E-state index in [9.17, 15) is 4.39 Å². The van der Waals surface area contributed by atoms with Crippen LogP contribution in [0.25, 0.3) is 11.1 Å². The fourth-order valence-electron chi connectivity index (χ4n) is 2.29. The van der Waals surface area contributed by atoms with Crippen LogP contribution in [-0.4, -0.2) is 6.54 Å². The highest BCUT2D eigenvalue weighted by Crippen LogP contribution is 2.25. The second-order valence-electron chi connectivity index (χ2n) is 5.27. The van der Waals surface area contributed by atoms with Crippen molar-refractivity contribution in [2.45, 2.75) is 33.2 Å². The Morgan fingerprint density at radius 2 is 1.85 bits per heavy atom. The molecular weight excluding hydrogens is 249 g/mol. The van der Waals surface area contributed by atoms with Crippen molar-refractivity contribution in [3.05, 3.63) is 59.4 Å². The summed E-state index contributed by atoms with van der Waals surface area (Å²) in [4.78, 5) is 0. The van der Waals surface area contributed by atoms with E-state index in [0.29, 0.717) is 11.6 Å². The van der Waals surface area contributed by atoms with E-state index in [0.717, 1.165) is 24.1 Å². The molecule has 0 aromatic heterocycles. The number of hydrogen-bond donors (Lipinski definition) is 1. The first kappa shape index (κ1) is 14.7. The summed E-state index contributed by atoms with van der Waals surface area (Å²) in [6, 6.07) is 14.1. The van der Waals surface area contributed by atoms with Crippen molar-refractivity contribution < 1.29 is 4.39 Å². The summed E-state index contributed by atoms with van der Waals surface area (Å²) in [5.74, 6) is -0.150. The Hall–Kier alpha value is -1.67. The lowest BCUT2D eigenvalue weighted by molar-refractivity contribution is 0.571. The lowest BCUT2D eigenvalue weighted by atomic mass is 9.99. The molecule has 2 heteroatoms. The van der Waals surface area contributed by atoms with Crippen LogP contribution < -0.4 is 5.32 Å². The topological polar surface area (TPSA) is 12.0 Å². The Balaban J connectivity index is 2.26. The SMILES string of the molecule is CCCNC(C)c1cccc(-c2ccc(F)c(C)c2)c1. The third-order valence-electron chi connectivity index (χ3n) is 3.58. The average Bonchev–Trinajstić information content (AvgIpc) is 2.47. The quantitative estimate of drug-likeness (QED) is 0.818. The second kappa shape index (κ2) is 6.67. The number of hydrogen-bond acceptors (Lipinski definition) is 1. The van der Waals surface area contributed by atoms with Gasteiger partial charge in [-0.25, -0.2) is 4.39 Å². The van der Waals surface area contributed by atoms with E-state index < -0.39 is 0 Å². The third kappa shape index (κ3) is 3.45. The molecule has 1 N–H and O–H groups in total. The normalized spacial score (nSPS) is 12.4. The molecule has 0 aliphatic carbocycles. The number of aryl methyl sites for hydroxylation is 1. The standard InChI is InChI=1S/C18H22FN/c1-4-10-20-14(3)15-6-5-7-16(12-15)17-8-9-18(19)13(2)11-17/h5-9,11-12,14,20H,4,10H2,1-3H3. The first-order chi connectivity index (χ1) is 9.61. The summed E-state index contributed by atoms with van der Waals surface area (Å²) < 4.78 is 13.4. The van der Waals surface area contributed by atoms with E-state index in [-0.39, 0.29) is 5.82 Å². The largest absolute Gasteiger partial charge is 0.310 e. The predicted molar refractivity (Wildman–Crippen MR) is 83.3 cm³/mol. The molecule has 20 heavy (non-hydrogen) atoms. The molecule has 0 aliphatic heterocycles. The second-order valence-corrected chi connectivity index (χ2v) is 5.27.